The second kappa shape index (κ2) is 9.22. The number of hydrogen-bond acceptors (Lipinski definition) is 3. The first-order valence-corrected chi connectivity index (χ1v) is 9.38. The van der Waals surface area contributed by atoms with Gasteiger partial charge in [-0.1, -0.05) is 30.3 Å². The van der Waals surface area contributed by atoms with Crippen LogP contribution in [-0.4, -0.2) is 24.1 Å². The second-order valence-electron chi connectivity index (χ2n) is 6.73. The molecule has 0 spiro atoms. The number of hydrogen-bond donors (Lipinski definition) is 2. The van der Waals surface area contributed by atoms with Crippen LogP contribution in [0.15, 0.2) is 53.7 Å². The molecule has 138 valence electrons. The van der Waals surface area contributed by atoms with Gasteiger partial charge in [0.1, 0.15) is 6.10 Å². The first kappa shape index (κ1) is 18.2. The SMILES string of the molecule is CN=C(NCc1ccnc(OC2CCCC2)c1)NC(C)c1ccccc1. The van der Waals surface area contributed by atoms with Crippen molar-refractivity contribution in [3.63, 3.8) is 0 Å². The van der Waals surface area contributed by atoms with Crippen molar-refractivity contribution >= 4 is 5.96 Å². The Kier molecular flexibility index (Phi) is 6.47. The number of aliphatic imine (C=N–C) groups is 1. The Morgan fingerprint density at radius 1 is 1.23 bits per heavy atom. The topological polar surface area (TPSA) is 58.5 Å². The number of benzene rings is 1. The van der Waals surface area contributed by atoms with Crippen LogP contribution in [0.25, 0.3) is 0 Å². The number of nitrogens with zero attached hydrogens (tertiary/aromatic N) is 2. The molecule has 3 rings (SSSR count). The average Bonchev–Trinajstić information content (AvgIpc) is 3.19. The lowest BCUT2D eigenvalue weighted by molar-refractivity contribution is 0.201. The van der Waals surface area contributed by atoms with Crippen LogP contribution in [0.2, 0.25) is 0 Å². The van der Waals surface area contributed by atoms with Crippen LogP contribution in [0, 0.1) is 0 Å². The summed E-state index contributed by atoms with van der Waals surface area (Å²) in [5, 5.41) is 6.78. The third kappa shape index (κ3) is 5.22. The van der Waals surface area contributed by atoms with E-state index < -0.39 is 0 Å². The third-order valence-corrected chi connectivity index (χ3v) is 4.73. The standard InChI is InChI=1S/C21H28N4O/c1-16(18-8-4-3-5-9-18)25-21(22-2)24-15-17-12-13-23-20(14-17)26-19-10-6-7-11-19/h3-5,8-9,12-14,16,19H,6-7,10-11,15H2,1-2H3,(H2,22,24,25). The molecule has 2 N–H and O–H groups in total. The predicted octanol–water partition coefficient (Wildman–Crippen LogP) is 3.83. The molecule has 5 nitrogen and oxygen atoms in total. The van der Waals surface area contributed by atoms with E-state index in [0.29, 0.717) is 12.6 Å². The van der Waals surface area contributed by atoms with Gasteiger partial charge in [-0.25, -0.2) is 4.98 Å². The minimum Gasteiger partial charge on any atom is -0.474 e. The molecule has 0 saturated heterocycles. The zero-order chi connectivity index (χ0) is 18.2. The van der Waals surface area contributed by atoms with Gasteiger partial charge >= 0.3 is 0 Å². The summed E-state index contributed by atoms with van der Waals surface area (Å²) in [6, 6.07) is 14.5. The van der Waals surface area contributed by atoms with Gasteiger partial charge in [-0.15, -0.1) is 0 Å². The minimum atomic E-state index is 0.182. The van der Waals surface area contributed by atoms with E-state index in [4.69, 9.17) is 4.74 Å². The maximum atomic E-state index is 5.99. The number of ether oxygens (including phenoxy) is 1. The summed E-state index contributed by atoms with van der Waals surface area (Å²) in [7, 11) is 1.79. The van der Waals surface area contributed by atoms with Crippen LogP contribution >= 0.6 is 0 Å². The highest BCUT2D eigenvalue weighted by atomic mass is 16.5. The fourth-order valence-electron chi connectivity index (χ4n) is 3.21. The molecule has 1 unspecified atom stereocenters. The maximum Gasteiger partial charge on any atom is 0.213 e. The van der Waals surface area contributed by atoms with E-state index in [1.165, 1.54) is 18.4 Å². The lowest BCUT2D eigenvalue weighted by Crippen LogP contribution is -2.38. The number of aromatic nitrogens is 1. The molecule has 0 bridgehead atoms. The molecule has 0 amide bonds. The fourth-order valence-corrected chi connectivity index (χ4v) is 3.21. The molecular formula is C21H28N4O. The van der Waals surface area contributed by atoms with Crippen molar-refractivity contribution in [1.29, 1.82) is 0 Å². The number of nitrogens with one attached hydrogen (secondary N) is 2. The van der Waals surface area contributed by atoms with E-state index >= 15 is 0 Å². The summed E-state index contributed by atoms with van der Waals surface area (Å²) in [6.45, 7) is 2.80. The smallest absolute Gasteiger partial charge is 0.213 e. The van der Waals surface area contributed by atoms with Gasteiger partial charge in [0.15, 0.2) is 5.96 Å². The maximum absolute atomic E-state index is 5.99. The molecule has 1 aromatic heterocycles. The number of pyridine rings is 1. The van der Waals surface area contributed by atoms with Crippen LogP contribution in [0.5, 0.6) is 5.88 Å². The van der Waals surface area contributed by atoms with E-state index in [9.17, 15) is 0 Å². The molecule has 1 fully saturated rings. The van der Waals surface area contributed by atoms with E-state index in [0.717, 1.165) is 30.2 Å². The lowest BCUT2D eigenvalue weighted by Gasteiger charge is -2.18. The summed E-state index contributed by atoms with van der Waals surface area (Å²) >= 11 is 0. The highest BCUT2D eigenvalue weighted by molar-refractivity contribution is 5.80. The first-order valence-electron chi connectivity index (χ1n) is 9.38. The molecular weight excluding hydrogens is 324 g/mol. The summed E-state index contributed by atoms with van der Waals surface area (Å²) in [6.07, 6.45) is 6.92. The van der Waals surface area contributed by atoms with Crippen LogP contribution in [0.1, 0.15) is 49.8 Å². The van der Waals surface area contributed by atoms with Crippen LogP contribution in [0.3, 0.4) is 0 Å². The summed E-state index contributed by atoms with van der Waals surface area (Å²) < 4.78 is 5.99. The number of guanidine groups is 1. The van der Waals surface area contributed by atoms with Crippen molar-refractivity contribution in [2.45, 2.75) is 51.3 Å². The second-order valence-corrected chi connectivity index (χ2v) is 6.73. The van der Waals surface area contributed by atoms with Crippen LogP contribution in [-0.2, 0) is 6.54 Å². The molecule has 1 atom stereocenters. The minimum absolute atomic E-state index is 0.182. The molecule has 26 heavy (non-hydrogen) atoms. The Labute approximate surface area is 155 Å². The average molecular weight is 352 g/mol. The Balaban J connectivity index is 1.53. The van der Waals surface area contributed by atoms with Crippen molar-refractivity contribution in [1.82, 2.24) is 15.6 Å². The molecule has 1 aromatic carbocycles. The molecule has 0 aliphatic heterocycles. The third-order valence-electron chi connectivity index (χ3n) is 4.73. The zero-order valence-electron chi connectivity index (χ0n) is 15.6. The first-order chi connectivity index (χ1) is 12.7. The Morgan fingerprint density at radius 3 is 2.73 bits per heavy atom. The van der Waals surface area contributed by atoms with Gasteiger partial charge in [-0.05, 0) is 49.8 Å². The van der Waals surface area contributed by atoms with Gasteiger partial charge in [-0.3, -0.25) is 4.99 Å². The Hall–Kier alpha value is -2.56. The van der Waals surface area contributed by atoms with Crippen molar-refractivity contribution in [3.05, 3.63) is 59.8 Å². The highest BCUT2D eigenvalue weighted by Gasteiger charge is 2.17. The molecule has 1 aliphatic carbocycles. The molecule has 1 heterocycles. The van der Waals surface area contributed by atoms with Crippen molar-refractivity contribution in [3.8, 4) is 5.88 Å². The molecule has 1 aliphatic rings. The van der Waals surface area contributed by atoms with Gasteiger partial charge in [-0.2, -0.15) is 0 Å². The molecule has 1 saturated carbocycles. The molecule has 2 aromatic rings. The van der Waals surface area contributed by atoms with Crippen molar-refractivity contribution in [2.24, 2.45) is 4.99 Å². The molecule has 5 heteroatoms. The Bertz CT molecular complexity index is 711. The number of rotatable bonds is 6. The van der Waals surface area contributed by atoms with Crippen molar-refractivity contribution in [2.75, 3.05) is 7.05 Å². The van der Waals surface area contributed by atoms with E-state index in [-0.39, 0.29) is 6.04 Å². The summed E-state index contributed by atoms with van der Waals surface area (Å²) in [4.78, 5) is 8.66. The van der Waals surface area contributed by atoms with Crippen molar-refractivity contribution < 1.29 is 4.74 Å². The van der Waals surface area contributed by atoms with Gasteiger partial charge in [0.05, 0.1) is 6.04 Å². The summed E-state index contributed by atoms with van der Waals surface area (Å²) in [5.41, 5.74) is 2.36. The summed E-state index contributed by atoms with van der Waals surface area (Å²) in [5.74, 6) is 1.49. The van der Waals surface area contributed by atoms with Gasteiger partial charge in [0, 0.05) is 25.9 Å². The zero-order valence-corrected chi connectivity index (χ0v) is 15.6. The highest BCUT2D eigenvalue weighted by Crippen LogP contribution is 2.23. The molecule has 0 radical (unpaired) electrons. The van der Waals surface area contributed by atoms with Gasteiger partial charge in [0.2, 0.25) is 5.88 Å². The fraction of sp³-hybridized carbons (Fsp3) is 0.429. The monoisotopic (exact) mass is 352 g/mol. The van der Waals surface area contributed by atoms with Gasteiger partial charge in [0.25, 0.3) is 0 Å². The largest absolute Gasteiger partial charge is 0.474 e. The lowest BCUT2D eigenvalue weighted by atomic mass is 10.1. The van der Waals surface area contributed by atoms with Gasteiger partial charge < -0.3 is 15.4 Å². The van der Waals surface area contributed by atoms with E-state index in [2.05, 4.69) is 39.7 Å². The quantitative estimate of drug-likeness (QED) is 0.613. The Morgan fingerprint density at radius 2 is 2.00 bits per heavy atom. The van der Waals surface area contributed by atoms with Crippen LogP contribution in [0.4, 0.5) is 0 Å². The van der Waals surface area contributed by atoms with E-state index in [1.54, 1.807) is 7.05 Å². The predicted molar refractivity (Wildman–Crippen MR) is 105 cm³/mol. The van der Waals surface area contributed by atoms with Crippen LogP contribution < -0.4 is 15.4 Å². The normalized spacial score (nSPS) is 16.3. The van der Waals surface area contributed by atoms with E-state index in [1.807, 2.05) is 36.5 Å².